The molecule has 9 nitrogen and oxygen atoms in total. The average molecular weight is 514 g/mol. The van der Waals surface area contributed by atoms with Crippen LogP contribution in [0.15, 0.2) is 53.4 Å². The maximum absolute atomic E-state index is 13.5. The number of halogens is 1. The van der Waals surface area contributed by atoms with Crippen LogP contribution in [0, 0.1) is 5.82 Å². The van der Waals surface area contributed by atoms with Crippen LogP contribution in [0.3, 0.4) is 0 Å². The van der Waals surface area contributed by atoms with E-state index < -0.39 is 38.3 Å². The van der Waals surface area contributed by atoms with Crippen molar-refractivity contribution in [1.82, 2.24) is 9.62 Å². The molecule has 1 aliphatic rings. The Bertz CT molecular complexity index is 1200. The summed E-state index contributed by atoms with van der Waals surface area (Å²) in [6.07, 6.45) is 3.68. The quantitative estimate of drug-likeness (QED) is 0.486. The van der Waals surface area contributed by atoms with Crippen LogP contribution in [0.1, 0.15) is 19.3 Å². The molecule has 1 amide bonds. The highest BCUT2D eigenvalue weighted by molar-refractivity contribution is 7.92. The number of amides is 1. The Hall–Kier alpha value is -2.70. The van der Waals surface area contributed by atoms with E-state index in [9.17, 15) is 26.0 Å². The van der Waals surface area contributed by atoms with Gasteiger partial charge in [-0.2, -0.15) is 4.31 Å². The van der Waals surface area contributed by atoms with Crippen LogP contribution in [-0.4, -0.2) is 66.1 Å². The van der Waals surface area contributed by atoms with Crippen molar-refractivity contribution in [3.63, 3.8) is 0 Å². The molecule has 3 rings (SSSR count). The Morgan fingerprint density at radius 1 is 1.06 bits per heavy atom. The van der Waals surface area contributed by atoms with E-state index in [1.165, 1.54) is 34.6 Å². The van der Waals surface area contributed by atoms with Crippen LogP contribution >= 0.6 is 0 Å². The number of carbonyl (C=O) groups is 1. The predicted molar refractivity (Wildman–Crippen MR) is 126 cm³/mol. The van der Waals surface area contributed by atoms with Crippen LogP contribution in [0.4, 0.5) is 10.1 Å². The fourth-order valence-electron chi connectivity index (χ4n) is 3.54. The Kier molecular flexibility index (Phi) is 8.50. The summed E-state index contributed by atoms with van der Waals surface area (Å²) in [6, 6.07) is 11.0. The van der Waals surface area contributed by atoms with E-state index in [1.807, 2.05) is 0 Å². The fourth-order valence-corrected chi connectivity index (χ4v) is 5.90. The second-order valence-electron chi connectivity index (χ2n) is 7.88. The van der Waals surface area contributed by atoms with Crippen molar-refractivity contribution in [2.24, 2.45) is 0 Å². The van der Waals surface area contributed by atoms with Gasteiger partial charge in [-0.1, -0.05) is 12.5 Å². The van der Waals surface area contributed by atoms with Crippen molar-refractivity contribution in [1.29, 1.82) is 0 Å². The molecule has 34 heavy (non-hydrogen) atoms. The number of nitrogens with zero attached hydrogens (tertiary/aromatic N) is 2. The number of nitrogens with one attached hydrogen (secondary N) is 1. The van der Waals surface area contributed by atoms with E-state index in [-0.39, 0.29) is 23.7 Å². The summed E-state index contributed by atoms with van der Waals surface area (Å²) in [5, 5.41) is 2.55. The third kappa shape index (κ3) is 6.90. The first-order valence-corrected chi connectivity index (χ1v) is 14.1. The molecule has 12 heteroatoms. The summed E-state index contributed by atoms with van der Waals surface area (Å²) in [5.74, 6) is -0.764. The zero-order chi connectivity index (χ0) is 24.8. The van der Waals surface area contributed by atoms with E-state index in [0.717, 1.165) is 35.9 Å². The smallest absolute Gasteiger partial charge is 0.243 e. The third-order valence-corrected chi connectivity index (χ3v) is 8.31. The number of hydrogen-bond donors (Lipinski definition) is 1. The van der Waals surface area contributed by atoms with Gasteiger partial charge in [-0.15, -0.1) is 0 Å². The number of piperidine rings is 1. The molecule has 1 aliphatic heterocycles. The molecule has 1 N–H and O–H groups in total. The van der Waals surface area contributed by atoms with Gasteiger partial charge in [0, 0.05) is 13.1 Å². The van der Waals surface area contributed by atoms with Crippen LogP contribution in [0.25, 0.3) is 0 Å². The van der Waals surface area contributed by atoms with E-state index in [0.29, 0.717) is 18.8 Å². The lowest BCUT2D eigenvalue weighted by atomic mass is 10.2. The van der Waals surface area contributed by atoms with Gasteiger partial charge < -0.3 is 10.1 Å². The van der Waals surface area contributed by atoms with E-state index in [4.69, 9.17) is 4.74 Å². The average Bonchev–Trinajstić information content (AvgIpc) is 2.80. The van der Waals surface area contributed by atoms with Gasteiger partial charge in [0.25, 0.3) is 0 Å². The first-order valence-electron chi connectivity index (χ1n) is 10.8. The molecule has 0 aliphatic carbocycles. The molecular weight excluding hydrogens is 485 g/mol. The minimum absolute atomic E-state index is 0.0495. The van der Waals surface area contributed by atoms with Gasteiger partial charge >= 0.3 is 0 Å². The van der Waals surface area contributed by atoms with Crippen molar-refractivity contribution in [2.45, 2.75) is 24.2 Å². The molecule has 1 heterocycles. The minimum atomic E-state index is -3.81. The van der Waals surface area contributed by atoms with Gasteiger partial charge in [0.2, 0.25) is 26.0 Å². The molecule has 0 aromatic heterocycles. The maximum Gasteiger partial charge on any atom is 0.243 e. The first kappa shape index (κ1) is 25.9. The molecule has 0 spiro atoms. The van der Waals surface area contributed by atoms with Crippen LogP contribution < -0.4 is 14.4 Å². The molecule has 0 unspecified atom stereocenters. The molecule has 1 saturated heterocycles. The molecule has 2 aromatic rings. The molecule has 186 valence electrons. The molecule has 0 radical (unpaired) electrons. The predicted octanol–water partition coefficient (Wildman–Crippen LogP) is 1.96. The summed E-state index contributed by atoms with van der Waals surface area (Å²) in [5.41, 5.74) is 0.0495. The number of ether oxygens (including phenoxy) is 1. The standard InChI is InChI=1S/C22H28FN3O6S2/c1-33(28,29)26(19-7-5-6-18(23)16-19)17-22(27)24-12-15-32-20-8-10-21(11-9-20)34(30,31)25-13-3-2-4-14-25/h5-11,16H,2-4,12-15,17H2,1H3,(H,24,27). The Labute approximate surface area is 199 Å². The SMILES string of the molecule is CS(=O)(=O)N(CC(=O)NCCOc1ccc(S(=O)(=O)N2CCCCC2)cc1)c1cccc(F)c1. The summed E-state index contributed by atoms with van der Waals surface area (Å²) >= 11 is 0. The van der Waals surface area contributed by atoms with Crippen molar-refractivity contribution in [3.05, 3.63) is 54.3 Å². The molecule has 2 aromatic carbocycles. The molecule has 1 fully saturated rings. The van der Waals surface area contributed by atoms with Crippen LogP contribution in [-0.2, 0) is 24.8 Å². The zero-order valence-electron chi connectivity index (χ0n) is 18.8. The normalized spacial score (nSPS) is 15.0. The molecular formula is C22H28FN3O6S2. The Morgan fingerprint density at radius 3 is 2.35 bits per heavy atom. The Morgan fingerprint density at radius 2 is 1.74 bits per heavy atom. The highest BCUT2D eigenvalue weighted by Crippen LogP contribution is 2.23. The number of rotatable bonds is 10. The number of carbonyl (C=O) groups excluding carboxylic acids is 1. The molecule has 0 atom stereocenters. The topological polar surface area (TPSA) is 113 Å². The molecule has 0 bridgehead atoms. The fraction of sp³-hybridized carbons (Fsp3) is 0.409. The first-order chi connectivity index (χ1) is 16.1. The van der Waals surface area contributed by atoms with Crippen LogP contribution in [0.5, 0.6) is 5.75 Å². The number of anilines is 1. The monoisotopic (exact) mass is 513 g/mol. The third-order valence-electron chi connectivity index (χ3n) is 5.25. The van der Waals surface area contributed by atoms with Crippen molar-refractivity contribution in [2.75, 3.05) is 43.3 Å². The number of benzene rings is 2. The van der Waals surface area contributed by atoms with Crippen molar-refractivity contribution in [3.8, 4) is 5.75 Å². The maximum atomic E-state index is 13.5. The van der Waals surface area contributed by atoms with E-state index in [2.05, 4.69) is 5.32 Å². The van der Waals surface area contributed by atoms with Gasteiger partial charge in [-0.25, -0.2) is 21.2 Å². The summed E-state index contributed by atoms with van der Waals surface area (Å²) in [4.78, 5) is 12.4. The number of sulfonamides is 2. The Balaban J connectivity index is 1.49. The minimum Gasteiger partial charge on any atom is -0.492 e. The van der Waals surface area contributed by atoms with E-state index in [1.54, 1.807) is 12.1 Å². The lowest BCUT2D eigenvalue weighted by Gasteiger charge is -2.25. The number of hydrogen-bond acceptors (Lipinski definition) is 6. The van der Waals surface area contributed by atoms with E-state index >= 15 is 0 Å². The van der Waals surface area contributed by atoms with Crippen molar-refractivity contribution < 1.29 is 30.8 Å². The second-order valence-corrected chi connectivity index (χ2v) is 11.7. The van der Waals surface area contributed by atoms with Gasteiger partial charge in [0.15, 0.2) is 0 Å². The lowest BCUT2D eigenvalue weighted by molar-refractivity contribution is -0.119. The summed E-state index contributed by atoms with van der Waals surface area (Å²) in [6.45, 7) is 0.716. The highest BCUT2D eigenvalue weighted by Gasteiger charge is 2.26. The lowest BCUT2D eigenvalue weighted by Crippen LogP contribution is -2.41. The van der Waals surface area contributed by atoms with Gasteiger partial charge in [0.1, 0.15) is 24.7 Å². The summed E-state index contributed by atoms with van der Waals surface area (Å²) in [7, 11) is -7.33. The zero-order valence-corrected chi connectivity index (χ0v) is 20.4. The van der Waals surface area contributed by atoms with Gasteiger partial charge in [-0.05, 0) is 55.3 Å². The summed E-state index contributed by atoms with van der Waals surface area (Å²) < 4.78 is 70.8. The molecule has 0 saturated carbocycles. The van der Waals surface area contributed by atoms with Crippen molar-refractivity contribution >= 4 is 31.6 Å². The van der Waals surface area contributed by atoms with Gasteiger partial charge in [-0.3, -0.25) is 9.10 Å². The van der Waals surface area contributed by atoms with Gasteiger partial charge in [0.05, 0.1) is 23.4 Å². The second kappa shape index (κ2) is 11.2. The van der Waals surface area contributed by atoms with Crippen LogP contribution in [0.2, 0.25) is 0 Å². The highest BCUT2D eigenvalue weighted by atomic mass is 32.2. The largest absolute Gasteiger partial charge is 0.492 e.